The van der Waals surface area contributed by atoms with E-state index in [1.807, 2.05) is 0 Å². The molecular weight excluding hydrogens is 122 g/mol. The monoisotopic (exact) mass is 133 g/mol. The first-order chi connectivity index (χ1) is 4.16. The van der Waals surface area contributed by atoms with Gasteiger partial charge >= 0.3 is 5.97 Å². The van der Waals surface area contributed by atoms with Crippen molar-refractivity contribution in [3.8, 4) is 0 Å². The zero-order chi connectivity index (χ0) is 7.28. The highest BCUT2D eigenvalue weighted by Gasteiger charge is 2.02. The van der Waals surface area contributed by atoms with Crippen LogP contribution in [-0.2, 0) is 14.6 Å². The van der Waals surface area contributed by atoms with Gasteiger partial charge < -0.3 is 0 Å². The molecule has 0 amide bonds. The molecule has 0 aromatic heterocycles. The van der Waals surface area contributed by atoms with Gasteiger partial charge in [-0.3, -0.25) is 9.79 Å². The SMILES string of the molecule is COOC(=O)CN(C)C. The Balaban J connectivity index is 3.27. The van der Waals surface area contributed by atoms with E-state index in [4.69, 9.17) is 0 Å². The smallest absolute Gasteiger partial charge is 0.299 e. The zero-order valence-corrected chi connectivity index (χ0v) is 5.88. The molecule has 0 saturated carbocycles. The summed E-state index contributed by atoms with van der Waals surface area (Å²) in [5.41, 5.74) is 0. The topological polar surface area (TPSA) is 38.8 Å². The van der Waals surface area contributed by atoms with E-state index in [1.54, 1.807) is 19.0 Å². The van der Waals surface area contributed by atoms with E-state index in [0.717, 1.165) is 0 Å². The second-order valence-corrected chi connectivity index (χ2v) is 1.86. The maximum absolute atomic E-state index is 10.5. The van der Waals surface area contributed by atoms with Crippen molar-refractivity contribution >= 4 is 5.97 Å². The average Bonchev–Trinajstić information content (AvgIpc) is 1.63. The van der Waals surface area contributed by atoms with Crippen LogP contribution in [0.15, 0.2) is 0 Å². The lowest BCUT2D eigenvalue weighted by atomic mass is 10.6. The van der Waals surface area contributed by atoms with Crippen LogP contribution in [0.5, 0.6) is 0 Å². The molecule has 0 rings (SSSR count). The van der Waals surface area contributed by atoms with Crippen molar-refractivity contribution in [3.05, 3.63) is 0 Å². The summed E-state index contributed by atoms with van der Waals surface area (Å²) in [6.45, 7) is 0.244. The summed E-state index contributed by atoms with van der Waals surface area (Å²) in [6, 6.07) is 0. The fourth-order valence-corrected chi connectivity index (χ4v) is 0.377. The molecule has 0 heterocycles. The molecule has 4 heteroatoms. The van der Waals surface area contributed by atoms with E-state index in [9.17, 15) is 4.79 Å². The molecule has 9 heavy (non-hydrogen) atoms. The van der Waals surface area contributed by atoms with Crippen LogP contribution in [0.25, 0.3) is 0 Å². The Morgan fingerprint density at radius 2 is 2.11 bits per heavy atom. The van der Waals surface area contributed by atoms with Crippen molar-refractivity contribution in [2.24, 2.45) is 0 Å². The third kappa shape index (κ3) is 5.26. The molecule has 0 bridgehead atoms. The normalized spacial score (nSPS) is 9.78. The Bertz CT molecular complexity index is 92.2. The quantitative estimate of drug-likeness (QED) is 0.389. The van der Waals surface area contributed by atoms with Crippen LogP contribution in [0.3, 0.4) is 0 Å². The number of hydrogen-bond donors (Lipinski definition) is 0. The molecule has 0 aliphatic rings. The summed E-state index contributed by atoms with van der Waals surface area (Å²) in [5.74, 6) is -0.387. The molecule has 4 nitrogen and oxygen atoms in total. The second kappa shape index (κ2) is 4.29. The molecule has 0 N–H and O–H groups in total. The molecule has 0 aromatic rings. The van der Waals surface area contributed by atoms with Crippen LogP contribution in [-0.4, -0.2) is 38.6 Å². The number of carbonyl (C=O) groups is 1. The van der Waals surface area contributed by atoms with Gasteiger partial charge in [0.15, 0.2) is 0 Å². The van der Waals surface area contributed by atoms with Gasteiger partial charge in [-0.1, -0.05) is 0 Å². The maximum Gasteiger partial charge on any atom is 0.356 e. The van der Waals surface area contributed by atoms with Gasteiger partial charge in [-0.2, -0.15) is 4.89 Å². The van der Waals surface area contributed by atoms with Crippen LogP contribution in [0.1, 0.15) is 0 Å². The minimum absolute atomic E-state index is 0.244. The van der Waals surface area contributed by atoms with Crippen LogP contribution >= 0.6 is 0 Å². The predicted octanol–water partition coefficient (Wildman–Crippen LogP) is -0.347. The standard InChI is InChI=1S/C5H11NO3/c1-6(2)4-5(7)9-8-3/h4H2,1-3H3. The van der Waals surface area contributed by atoms with Crippen LogP contribution in [0.4, 0.5) is 0 Å². The van der Waals surface area contributed by atoms with Gasteiger partial charge in [-0.05, 0) is 14.1 Å². The molecule has 0 unspecified atom stereocenters. The molecule has 54 valence electrons. The lowest BCUT2D eigenvalue weighted by Crippen LogP contribution is -2.23. The van der Waals surface area contributed by atoms with Gasteiger partial charge in [-0.15, -0.1) is 0 Å². The molecule has 0 aliphatic carbocycles. The van der Waals surface area contributed by atoms with Gasteiger partial charge in [-0.25, -0.2) is 4.79 Å². The minimum Gasteiger partial charge on any atom is -0.299 e. The fourth-order valence-electron chi connectivity index (χ4n) is 0.377. The fraction of sp³-hybridized carbons (Fsp3) is 0.800. The highest BCUT2D eigenvalue weighted by atomic mass is 17.2. The number of carbonyl (C=O) groups excluding carboxylic acids is 1. The zero-order valence-electron chi connectivity index (χ0n) is 5.88. The third-order valence-corrected chi connectivity index (χ3v) is 0.622. The molecular formula is C5H11NO3. The van der Waals surface area contributed by atoms with Crippen molar-refractivity contribution in [3.63, 3.8) is 0 Å². The van der Waals surface area contributed by atoms with Gasteiger partial charge in [0.1, 0.15) is 0 Å². The molecule has 0 atom stereocenters. The Hall–Kier alpha value is -0.610. The molecule has 0 spiro atoms. The van der Waals surface area contributed by atoms with Crippen LogP contribution in [0, 0.1) is 0 Å². The Morgan fingerprint density at radius 3 is 2.44 bits per heavy atom. The first-order valence-electron chi connectivity index (χ1n) is 2.55. The van der Waals surface area contributed by atoms with E-state index in [0.29, 0.717) is 0 Å². The minimum atomic E-state index is -0.387. The van der Waals surface area contributed by atoms with Crippen LogP contribution < -0.4 is 0 Å². The van der Waals surface area contributed by atoms with Gasteiger partial charge in [0.2, 0.25) is 0 Å². The lowest BCUT2D eigenvalue weighted by Gasteiger charge is -2.05. The predicted molar refractivity (Wildman–Crippen MR) is 31.7 cm³/mol. The molecule has 0 aliphatic heterocycles. The lowest BCUT2D eigenvalue weighted by molar-refractivity contribution is -0.255. The number of hydrogen-bond acceptors (Lipinski definition) is 4. The van der Waals surface area contributed by atoms with E-state index in [2.05, 4.69) is 9.78 Å². The first-order valence-corrected chi connectivity index (χ1v) is 2.55. The highest BCUT2D eigenvalue weighted by molar-refractivity contribution is 5.70. The van der Waals surface area contributed by atoms with Gasteiger partial charge in [0, 0.05) is 0 Å². The molecule has 0 aromatic carbocycles. The summed E-state index contributed by atoms with van der Waals surface area (Å²) in [4.78, 5) is 20.5. The average molecular weight is 133 g/mol. The van der Waals surface area contributed by atoms with E-state index >= 15 is 0 Å². The Morgan fingerprint density at radius 1 is 1.56 bits per heavy atom. The van der Waals surface area contributed by atoms with Gasteiger partial charge in [0.05, 0.1) is 13.7 Å². The number of nitrogens with zero attached hydrogens (tertiary/aromatic N) is 1. The maximum atomic E-state index is 10.5. The number of rotatable bonds is 3. The van der Waals surface area contributed by atoms with E-state index in [-0.39, 0.29) is 12.5 Å². The summed E-state index contributed by atoms with van der Waals surface area (Å²) in [5, 5.41) is 0. The molecule has 0 fully saturated rings. The van der Waals surface area contributed by atoms with Gasteiger partial charge in [0.25, 0.3) is 0 Å². The third-order valence-electron chi connectivity index (χ3n) is 0.622. The second-order valence-electron chi connectivity index (χ2n) is 1.86. The van der Waals surface area contributed by atoms with E-state index < -0.39 is 0 Å². The summed E-state index contributed by atoms with van der Waals surface area (Å²) >= 11 is 0. The molecule has 0 saturated heterocycles. The van der Waals surface area contributed by atoms with E-state index in [1.165, 1.54) is 7.11 Å². The Labute approximate surface area is 54.3 Å². The van der Waals surface area contributed by atoms with Crippen molar-refractivity contribution in [2.45, 2.75) is 0 Å². The van der Waals surface area contributed by atoms with Crippen molar-refractivity contribution in [1.29, 1.82) is 0 Å². The van der Waals surface area contributed by atoms with Crippen molar-refractivity contribution < 1.29 is 14.6 Å². The largest absolute Gasteiger partial charge is 0.356 e. The number of likely N-dealkylation sites (N-methyl/N-ethyl adjacent to an activating group) is 1. The first kappa shape index (κ1) is 8.39. The van der Waals surface area contributed by atoms with Crippen molar-refractivity contribution in [2.75, 3.05) is 27.7 Å². The summed E-state index contributed by atoms with van der Waals surface area (Å²) in [7, 11) is 4.85. The summed E-state index contributed by atoms with van der Waals surface area (Å²) < 4.78 is 0. The molecule has 0 radical (unpaired) electrons. The summed E-state index contributed by atoms with van der Waals surface area (Å²) in [6.07, 6.45) is 0. The van der Waals surface area contributed by atoms with Crippen molar-refractivity contribution in [1.82, 2.24) is 4.90 Å². The van der Waals surface area contributed by atoms with Crippen LogP contribution in [0.2, 0.25) is 0 Å². The Kier molecular flexibility index (Phi) is 4.00. The highest BCUT2D eigenvalue weighted by Crippen LogP contribution is 1.79.